The number of carbonyl (C=O) groups excluding carboxylic acids is 1. The number of benzene rings is 3. The Morgan fingerprint density at radius 1 is 1.03 bits per heavy atom. The van der Waals surface area contributed by atoms with Crippen molar-refractivity contribution in [2.75, 3.05) is 29.4 Å². The third-order valence-corrected chi connectivity index (χ3v) is 7.20. The lowest BCUT2D eigenvalue weighted by Crippen LogP contribution is -2.61. The molecule has 1 fully saturated rings. The van der Waals surface area contributed by atoms with Crippen molar-refractivity contribution in [2.45, 2.75) is 25.2 Å². The fourth-order valence-electron chi connectivity index (χ4n) is 5.16. The number of alkyl halides is 3. The molecule has 2 aliphatic heterocycles. The molecule has 2 atom stereocenters. The van der Waals surface area contributed by atoms with E-state index in [-0.39, 0.29) is 24.9 Å². The highest BCUT2D eigenvalue weighted by Crippen LogP contribution is 2.40. The lowest BCUT2D eigenvalue weighted by molar-refractivity contribution is -0.137. The first-order valence-electron chi connectivity index (χ1n) is 11.7. The van der Waals surface area contributed by atoms with Crippen LogP contribution in [0.15, 0.2) is 66.7 Å². The van der Waals surface area contributed by atoms with E-state index in [4.69, 9.17) is 11.6 Å². The number of hydrogen-bond donors (Lipinski definition) is 1. The summed E-state index contributed by atoms with van der Waals surface area (Å²) >= 11 is 6.19. The smallest absolute Gasteiger partial charge is 0.368 e. The van der Waals surface area contributed by atoms with Gasteiger partial charge in [-0.25, -0.2) is 4.39 Å². The highest BCUT2D eigenvalue weighted by molar-refractivity contribution is 6.30. The van der Waals surface area contributed by atoms with E-state index < -0.39 is 23.5 Å². The number of rotatable bonds is 4. The third kappa shape index (κ3) is 4.87. The maximum atomic E-state index is 14.1. The Balaban J connectivity index is 1.45. The van der Waals surface area contributed by atoms with E-state index in [0.29, 0.717) is 35.8 Å². The Bertz CT molecular complexity index is 1280. The van der Waals surface area contributed by atoms with Crippen molar-refractivity contribution in [3.8, 4) is 0 Å². The van der Waals surface area contributed by atoms with Crippen LogP contribution in [-0.2, 0) is 23.9 Å². The number of carbonyl (C=O) groups is 1. The maximum Gasteiger partial charge on any atom is 0.416 e. The highest BCUT2D eigenvalue weighted by Gasteiger charge is 2.42. The van der Waals surface area contributed by atoms with Crippen molar-refractivity contribution in [3.05, 3.63) is 94.3 Å². The molecule has 2 heterocycles. The molecule has 0 aromatic heterocycles. The zero-order chi connectivity index (χ0) is 25.4. The van der Waals surface area contributed by atoms with Gasteiger partial charge in [0.1, 0.15) is 5.82 Å². The predicted molar refractivity (Wildman–Crippen MR) is 132 cm³/mol. The summed E-state index contributed by atoms with van der Waals surface area (Å²) in [6.07, 6.45) is -4.31. The van der Waals surface area contributed by atoms with Crippen molar-refractivity contribution in [1.82, 2.24) is 5.32 Å². The summed E-state index contributed by atoms with van der Waals surface area (Å²) < 4.78 is 54.3. The topological polar surface area (TPSA) is 35.6 Å². The molecule has 0 aliphatic carbocycles. The first-order chi connectivity index (χ1) is 17.2. The van der Waals surface area contributed by atoms with Gasteiger partial charge in [0.15, 0.2) is 0 Å². The second-order valence-corrected chi connectivity index (χ2v) is 9.58. The molecule has 3 aromatic carbocycles. The lowest BCUT2D eigenvalue weighted by atomic mass is 9.82. The quantitative estimate of drug-likeness (QED) is 0.452. The highest BCUT2D eigenvalue weighted by atomic mass is 35.5. The average Bonchev–Trinajstić information content (AvgIpc) is 2.86. The van der Waals surface area contributed by atoms with Crippen molar-refractivity contribution < 1.29 is 22.4 Å². The summed E-state index contributed by atoms with van der Waals surface area (Å²) in [7, 11) is 0. The van der Waals surface area contributed by atoms with Crippen LogP contribution in [0.2, 0.25) is 5.02 Å². The van der Waals surface area contributed by atoms with Crippen LogP contribution in [0.5, 0.6) is 0 Å². The van der Waals surface area contributed by atoms with Crippen molar-refractivity contribution >= 4 is 28.9 Å². The molecule has 1 amide bonds. The second kappa shape index (κ2) is 9.65. The van der Waals surface area contributed by atoms with Crippen molar-refractivity contribution in [3.63, 3.8) is 0 Å². The molecule has 36 heavy (non-hydrogen) atoms. The monoisotopic (exact) mass is 517 g/mol. The van der Waals surface area contributed by atoms with Gasteiger partial charge in [-0.05, 0) is 54.4 Å². The van der Waals surface area contributed by atoms with E-state index in [2.05, 4.69) is 10.2 Å². The SMILES string of the molecule is O=C(NCc1ccccc1F)[C@H]1Cc2cc(C(F)(F)F)ccc2N2CCN(c3cccc(Cl)c3)C[C@H]12. The van der Waals surface area contributed by atoms with Crippen LogP contribution in [0.25, 0.3) is 0 Å². The molecule has 4 nitrogen and oxygen atoms in total. The van der Waals surface area contributed by atoms with Gasteiger partial charge in [0.05, 0.1) is 17.5 Å². The van der Waals surface area contributed by atoms with E-state index in [0.717, 1.165) is 23.5 Å². The summed E-state index contributed by atoms with van der Waals surface area (Å²) in [6.45, 7) is 1.66. The average molecular weight is 518 g/mol. The number of nitrogens with zero attached hydrogens (tertiary/aromatic N) is 2. The van der Waals surface area contributed by atoms with E-state index >= 15 is 0 Å². The molecular weight excluding hydrogens is 494 g/mol. The Morgan fingerprint density at radius 3 is 2.58 bits per heavy atom. The first kappa shape index (κ1) is 24.4. The van der Waals surface area contributed by atoms with Gasteiger partial charge < -0.3 is 15.1 Å². The van der Waals surface area contributed by atoms with Gasteiger partial charge in [0.25, 0.3) is 0 Å². The minimum Gasteiger partial charge on any atom is -0.368 e. The zero-order valence-electron chi connectivity index (χ0n) is 19.2. The fourth-order valence-corrected chi connectivity index (χ4v) is 5.35. The molecule has 0 spiro atoms. The second-order valence-electron chi connectivity index (χ2n) is 9.15. The maximum absolute atomic E-state index is 14.1. The minimum atomic E-state index is -4.47. The molecule has 3 aromatic rings. The number of halogens is 5. The molecule has 0 bridgehead atoms. The molecule has 2 aliphatic rings. The Morgan fingerprint density at radius 2 is 1.83 bits per heavy atom. The molecule has 0 radical (unpaired) electrons. The van der Waals surface area contributed by atoms with E-state index in [1.807, 2.05) is 23.1 Å². The number of hydrogen-bond acceptors (Lipinski definition) is 3. The predicted octanol–water partition coefficient (Wildman–Crippen LogP) is 5.68. The number of nitrogens with one attached hydrogen (secondary N) is 1. The molecule has 1 N–H and O–H groups in total. The summed E-state index contributed by atoms with van der Waals surface area (Å²) in [5, 5.41) is 3.41. The summed E-state index contributed by atoms with van der Waals surface area (Å²) in [4.78, 5) is 17.6. The van der Waals surface area contributed by atoms with Crippen molar-refractivity contribution in [1.29, 1.82) is 0 Å². The minimum absolute atomic E-state index is 0.00216. The first-order valence-corrected chi connectivity index (χ1v) is 12.1. The van der Waals surface area contributed by atoms with Gasteiger partial charge >= 0.3 is 6.18 Å². The molecule has 0 unspecified atom stereocenters. The van der Waals surface area contributed by atoms with Gasteiger partial charge in [-0.3, -0.25) is 4.79 Å². The normalized spacial score (nSPS) is 19.5. The molecule has 188 valence electrons. The Kier molecular flexibility index (Phi) is 6.55. The van der Waals surface area contributed by atoms with E-state index in [9.17, 15) is 22.4 Å². The van der Waals surface area contributed by atoms with Crippen LogP contribution in [0.1, 0.15) is 16.7 Å². The standard InChI is InChI=1S/C27H24ClF4N3O/c28-20-5-3-6-21(14-20)34-10-11-35-24-9-8-19(27(30,31)32)12-18(24)13-22(25(35)16-34)26(36)33-15-17-4-1-2-7-23(17)29/h1-9,12,14,22,25H,10-11,13,15-16H2,(H,33,36)/t22-,25+/m0/s1. The molecule has 5 rings (SSSR count). The van der Waals surface area contributed by atoms with Crippen molar-refractivity contribution in [2.24, 2.45) is 5.92 Å². The summed E-state index contributed by atoms with van der Waals surface area (Å²) in [6, 6.07) is 17.1. The number of amides is 1. The number of piperazine rings is 1. The van der Waals surface area contributed by atoms with Gasteiger partial charge in [-0.2, -0.15) is 13.2 Å². The third-order valence-electron chi connectivity index (χ3n) is 6.96. The van der Waals surface area contributed by atoms with Gasteiger partial charge in [0, 0.05) is 48.1 Å². The van der Waals surface area contributed by atoms with Crippen LogP contribution in [0, 0.1) is 11.7 Å². The van der Waals surface area contributed by atoms with Crippen LogP contribution in [0.3, 0.4) is 0 Å². The summed E-state index contributed by atoms with van der Waals surface area (Å²) in [5.41, 5.74) is 1.75. The van der Waals surface area contributed by atoms with E-state index in [1.54, 1.807) is 24.3 Å². The number of fused-ring (bicyclic) bond motifs is 3. The fraction of sp³-hybridized carbons (Fsp3) is 0.296. The van der Waals surface area contributed by atoms with E-state index in [1.165, 1.54) is 12.1 Å². The van der Waals surface area contributed by atoms with Gasteiger partial charge in [0.2, 0.25) is 5.91 Å². The van der Waals surface area contributed by atoms with Crippen LogP contribution >= 0.6 is 11.6 Å². The zero-order valence-corrected chi connectivity index (χ0v) is 20.0. The molecule has 1 saturated heterocycles. The van der Waals surface area contributed by atoms with Crippen LogP contribution in [0.4, 0.5) is 28.9 Å². The molecule has 0 saturated carbocycles. The lowest BCUT2D eigenvalue weighted by Gasteiger charge is -2.49. The molecular formula is C27H24ClF4N3O. The molecule has 9 heteroatoms. The van der Waals surface area contributed by atoms with Crippen LogP contribution < -0.4 is 15.1 Å². The van der Waals surface area contributed by atoms with Gasteiger partial charge in [-0.15, -0.1) is 0 Å². The van der Waals surface area contributed by atoms with Gasteiger partial charge in [-0.1, -0.05) is 35.9 Å². The largest absolute Gasteiger partial charge is 0.416 e. The summed E-state index contributed by atoms with van der Waals surface area (Å²) in [5.74, 6) is -1.35. The number of anilines is 2. The van der Waals surface area contributed by atoms with Crippen LogP contribution in [-0.4, -0.2) is 31.6 Å². The Hall–Kier alpha value is -3.26. The Labute approximate surface area is 211 Å².